The predicted molar refractivity (Wildman–Crippen MR) is 75.9 cm³/mol. The molecule has 0 amide bonds. The molecule has 0 atom stereocenters. The average molecular weight is 356 g/mol. The number of fused-ring (bicyclic) bond motifs is 1. The van der Waals surface area contributed by atoms with Crippen LogP contribution in [0.4, 0.5) is 13.2 Å². The minimum absolute atomic E-state index is 0.178. The third-order valence-electron chi connectivity index (χ3n) is 2.97. The van der Waals surface area contributed by atoms with Crippen LogP contribution in [0.1, 0.15) is 11.4 Å². The Morgan fingerprint density at radius 3 is 2.57 bits per heavy atom. The van der Waals surface area contributed by atoms with Gasteiger partial charge in [0, 0.05) is 21.8 Å². The van der Waals surface area contributed by atoms with Crippen molar-refractivity contribution in [2.75, 3.05) is 0 Å². The van der Waals surface area contributed by atoms with Gasteiger partial charge in [-0.25, -0.2) is 9.50 Å². The highest BCUT2D eigenvalue weighted by atomic mass is 79.9. The molecule has 2 aromatic heterocycles. The summed E-state index contributed by atoms with van der Waals surface area (Å²) in [6.07, 6.45) is -4.48. The van der Waals surface area contributed by atoms with Crippen molar-refractivity contribution in [3.05, 3.63) is 52.3 Å². The molecule has 2 heterocycles. The Balaban J connectivity index is 2.25. The largest absolute Gasteiger partial charge is 0.433 e. The molecule has 0 fully saturated rings. The quantitative estimate of drug-likeness (QED) is 0.643. The van der Waals surface area contributed by atoms with E-state index in [1.165, 1.54) is 6.92 Å². The van der Waals surface area contributed by atoms with Crippen LogP contribution in [0.5, 0.6) is 0 Å². The number of hydrogen-bond acceptors (Lipinski definition) is 2. The Morgan fingerprint density at radius 2 is 1.90 bits per heavy atom. The molecule has 1 aromatic carbocycles. The maximum atomic E-state index is 13.1. The molecule has 0 unspecified atom stereocenters. The number of halogens is 4. The molecule has 3 aromatic rings. The molecule has 0 aliphatic heterocycles. The van der Waals surface area contributed by atoms with E-state index in [9.17, 15) is 13.2 Å². The summed E-state index contributed by atoms with van der Waals surface area (Å²) in [5, 5.41) is 4.04. The van der Waals surface area contributed by atoms with Crippen LogP contribution in [0, 0.1) is 6.92 Å². The summed E-state index contributed by atoms with van der Waals surface area (Å²) in [5.41, 5.74) is 0.819. The third kappa shape index (κ3) is 2.65. The normalized spacial score (nSPS) is 12.0. The predicted octanol–water partition coefficient (Wildman–Crippen LogP) is 4.49. The van der Waals surface area contributed by atoms with Crippen LogP contribution in [-0.2, 0) is 6.18 Å². The van der Waals surface area contributed by atoms with E-state index < -0.39 is 11.9 Å². The van der Waals surface area contributed by atoms with Crippen LogP contribution in [0.2, 0.25) is 0 Å². The first-order valence-electron chi connectivity index (χ1n) is 6.05. The molecule has 0 bridgehead atoms. The number of benzene rings is 1. The molecule has 0 aliphatic rings. The van der Waals surface area contributed by atoms with Gasteiger partial charge in [-0.3, -0.25) is 0 Å². The number of aryl methyl sites for hydroxylation is 1. The van der Waals surface area contributed by atoms with Crippen molar-refractivity contribution in [1.82, 2.24) is 14.6 Å². The lowest BCUT2D eigenvalue weighted by Gasteiger charge is -2.09. The summed E-state index contributed by atoms with van der Waals surface area (Å²) in [6, 6.07) is 9.75. The number of aromatic nitrogens is 3. The zero-order chi connectivity index (χ0) is 15.2. The lowest BCUT2D eigenvalue weighted by Crippen LogP contribution is -2.13. The maximum absolute atomic E-state index is 13.1. The van der Waals surface area contributed by atoms with E-state index in [4.69, 9.17) is 0 Å². The second kappa shape index (κ2) is 4.84. The fourth-order valence-electron chi connectivity index (χ4n) is 2.09. The SMILES string of the molecule is Cc1cc(C(F)(F)F)n2nc(-c3cccc(Br)c3)cc2n1. The molecular weight excluding hydrogens is 347 g/mol. The van der Waals surface area contributed by atoms with Crippen molar-refractivity contribution in [3.8, 4) is 11.3 Å². The van der Waals surface area contributed by atoms with E-state index in [0.29, 0.717) is 11.4 Å². The first-order valence-corrected chi connectivity index (χ1v) is 6.84. The highest BCUT2D eigenvalue weighted by Crippen LogP contribution is 2.31. The van der Waals surface area contributed by atoms with Gasteiger partial charge in [-0.2, -0.15) is 18.3 Å². The van der Waals surface area contributed by atoms with E-state index in [2.05, 4.69) is 26.0 Å². The van der Waals surface area contributed by atoms with Crippen molar-refractivity contribution in [3.63, 3.8) is 0 Å². The van der Waals surface area contributed by atoms with E-state index in [1.54, 1.807) is 24.3 Å². The van der Waals surface area contributed by atoms with E-state index in [0.717, 1.165) is 20.6 Å². The third-order valence-corrected chi connectivity index (χ3v) is 3.46. The van der Waals surface area contributed by atoms with Crippen LogP contribution in [-0.4, -0.2) is 14.6 Å². The second-order valence-electron chi connectivity index (χ2n) is 4.59. The lowest BCUT2D eigenvalue weighted by atomic mass is 10.2. The number of rotatable bonds is 1. The van der Waals surface area contributed by atoms with Crippen LogP contribution < -0.4 is 0 Å². The lowest BCUT2D eigenvalue weighted by molar-refractivity contribution is -0.142. The van der Waals surface area contributed by atoms with Crippen LogP contribution in [0.15, 0.2) is 40.9 Å². The van der Waals surface area contributed by atoms with Gasteiger partial charge in [-0.05, 0) is 25.1 Å². The number of alkyl halides is 3. The van der Waals surface area contributed by atoms with E-state index in [1.807, 2.05) is 6.07 Å². The molecule has 0 spiro atoms. The van der Waals surface area contributed by atoms with Gasteiger partial charge in [-0.15, -0.1) is 0 Å². The molecule has 108 valence electrons. The first-order chi connectivity index (χ1) is 9.84. The van der Waals surface area contributed by atoms with Gasteiger partial charge in [0.15, 0.2) is 5.65 Å². The highest BCUT2D eigenvalue weighted by Gasteiger charge is 2.34. The second-order valence-corrected chi connectivity index (χ2v) is 5.51. The van der Waals surface area contributed by atoms with Gasteiger partial charge >= 0.3 is 6.18 Å². The van der Waals surface area contributed by atoms with Gasteiger partial charge in [0.25, 0.3) is 0 Å². The molecule has 0 N–H and O–H groups in total. The average Bonchev–Trinajstić information content (AvgIpc) is 2.80. The van der Waals surface area contributed by atoms with Gasteiger partial charge in [0.1, 0.15) is 5.69 Å². The molecule has 3 rings (SSSR count). The Bertz CT molecular complexity index is 824. The van der Waals surface area contributed by atoms with Crippen molar-refractivity contribution in [2.24, 2.45) is 0 Å². The molecule has 0 radical (unpaired) electrons. The Hall–Kier alpha value is -1.89. The first kappa shape index (κ1) is 14.1. The van der Waals surface area contributed by atoms with E-state index >= 15 is 0 Å². The summed E-state index contributed by atoms with van der Waals surface area (Å²) in [5.74, 6) is 0. The van der Waals surface area contributed by atoms with Crippen molar-refractivity contribution >= 4 is 21.6 Å². The topological polar surface area (TPSA) is 30.2 Å². The minimum Gasteiger partial charge on any atom is -0.234 e. The zero-order valence-electron chi connectivity index (χ0n) is 10.8. The smallest absolute Gasteiger partial charge is 0.234 e. The molecule has 0 saturated carbocycles. The van der Waals surface area contributed by atoms with Crippen molar-refractivity contribution in [1.29, 1.82) is 0 Å². The Morgan fingerprint density at radius 1 is 1.14 bits per heavy atom. The number of nitrogens with zero attached hydrogens (tertiary/aromatic N) is 3. The van der Waals surface area contributed by atoms with Gasteiger partial charge in [0.2, 0.25) is 0 Å². The fraction of sp³-hybridized carbons (Fsp3) is 0.143. The van der Waals surface area contributed by atoms with Crippen LogP contribution in [0.3, 0.4) is 0 Å². The fourth-order valence-corrected chi connectivity index (χ4v) is 2.49. The summed E-state index contributed by atoms with van der Waals surface area (Å²) in [4.78, 5) is 4.11. The highest BCUT2D eigenvalue weighted by molar-refractivity contribution is 9.10. The molecule has 0 saturated heterocycles. The Labute approximate surface area is 126 Å². The zero-order valence-corrected chi connectivity index (χ0v) is 12.4. The van der Waals surface area contributed by atoms with Gasteiger partial charge in [-0.1, -0.05) is 28.1 Å². The summed E-state index contributed by atoms with van der Waals surface area (Å²) < 4.78 is 40.9. The summed E-state index contributed by atoms with van der Waals surface area (Å²) in [6.45, 7) is 1.53. The van der Waals surface area contributed by atoms with Crippen molar-refractivity contribution in [2.45, 2.75) is 13.1 Å². The molecule has 3 nitrogen and oxygen atoms in total. The van der Waals surface area contributed by atoms with Gasteiger partial charge < -0.3 is 0 Å². The molecular formula is C14H9BrF3N3. The van der Waals surface area contributed by atoms with Crippen molar-refractivity contribution < 1.29 is 13.2 Å². The molecule has 0 aliphatic carbocycles. The minimum atomic E-state index is -4.48. The number of hydrogen-bond donors (Lipinski definition) is 0. The van der Waals surface area contributed by atoms with Gasteiger partial charge in [0.05, 0.1) is 5.69 Å². The van der Waals surface area contributed by atoms with Crippen LogP contribution in [0.25, 0.3) is 16.9 Å². The van der Waals surface area contributed by atoms with Crippen LogP contribution >= 0.6 is 15.9 Å². The maximum Gasteiger partial charge on any atom is 0.433 e. The Kier molecular flexibility index (Phi) is 3.24. The standard InChI is InChI=1S/C14H9BrF3N3/c1-8-5-12(14(16,17)18)21-13(19-8)7-11(20-21)9-3-2-4-10(15)6-9/h2-7H,1H3. The summed E-state index contributed by atoms with van der Waals surface area (Å²) >= 11 is 3.33. The monoisotopic (exact) mass is 355 g/mol. The molecule has 7 heteroatoms. The summed E-state index contributed by atoms with van der Waals surface area (Å²) in [7, 11) is 0. The van der Waals surface area contributed by atoms with E-state index in [-0.39, 0.29) is 5.65 Å². The molecule has 21 heavy (non-hydrogen) atoms.